The number of carbonyl (C=O) groups is 7. The molecule has 0 aliphatic carbocycles. The van der Waals surface area contributed by atoms with Crippen LogP contribution in [-0.4, -0.2) is 102 Å². The third-order valence-corrected chi connectivity index (χ3v) is 7.69. The Morgan fingerprint density at radius 1 is 0.531 bits per heavy atom. The molecule has 0 radical (unpaired) electrons. The number of rotatable bonds is 35. The van der Waals surface area contributed by atoms with E-state index in [-0.39, 0.29) is 83.3 Å². The van der Waals surface area contributed by atoms with Gasteiger partial charge in [0.15, 0.2) is 0 Å². The Morgan fingerprint density at radius 3 is 1.55 bits per heavy atom. The van der Waals surface area contributed by atoms with Crippen LogP contribution in [0.3, 0.4) is 0 Å². The quantitative estimate of drug-likeness (QED) is 0.0412. The maximum atomic E-state index is 12.2. The molecule has 0 aromatic carbocycles. The zero-order valence-corrected chi connectivity index (χ0v) is 28.9. The van der Waals surface area contributed by atoms with E-state index in [1.165, 1.54) is 38.5 Å². The summed E-state index contributed by atoms with van der Waals surface area (Å²) in [7, 11) is 0. The number of hydrogen-bond acceptors (Lipinski definition) is 9. The van der Waals surface area contributed by atoms with Crippen molar-refractivity contribution in [3.8, 4) is 0 Å². The normalized spacial score (nSPS) is 12.1. The Balaban J connectivity index is 3.76. The molecule has 282 valence electrons. The fourth-order valence-corrected chi connectivity index (χ4v) is 4.92. The SMILES string of the molecule is O=C[C@H](CCC(=O)O)NC(=O)COCCOCCNC(=O)CC[C@H](NC(=O)CCCCCCCCCCCCCCCCC(=O)O)C(=O)O. The first-order chi connectivity index (χ1) is 23.5. The first-order valence-corrected chi connectivity index (χ1v) is 17.7. The van der Waals surface area contributed by atoms with Gasteiger partial charge in [-0.3, -0.25) is 24.0 Å². The Morgan fingerprint density at radius 2 is 1.04 bits per heavy atom. The van der Waals surface area contributed by atoms with E-state index < -0.39 is 35.9 Å². The van der Waals surface area contributed by atoms with Crippen LogP contribution >= 0.6 is 0 Å². The van der Waals surface area contributed by atoms with E-state index in [4.69, 9.17) is 19.7 Å². The number of hydrogen-bond donors (Lipinski definition) is 6. The third-order valence-electron chi connectivity index (χ3n) is 7.69. The van der Waals surface area contributed by atoms with Gasteiger partial charge in [0.2, 0.25) is 17.7 Å². The van der Waals surface area contributed by atoms with Gasteiger partial charge in [-0.25, -0.2) is 4.79 Å². The number of carboxylic acids is 3. The molecule has 0 aliphatic heterocycles. The van der Waals surface area contributed by atoms with Gasteiger partial charge >= 0.3 is 17.9 Å². The molecule has 6 N–H and O–H groups in total. The predicted octanol–water partition coefficient (Wildman–Crippen LogP) is 3.36. The van der Waals surface area contributed by atoms with Crippen molar-refractivity contribution in [2.45, 2.75) is 141 Å². The minimum atomic E-state index is -1.20. The Hall–Kier alpha value is -3.59. The summed E-state index contributed by atoms with van der Waals surface area (Å²) in [5, 5.41) is 34.2. The van der Waals surface area contributed by atoms with Gasteiger partial charge in [0.1, 0.15) is 18.9 Å². The number of nitrogens with one attached hydrogen (secondary N) is 3. The molecular weight excluding hydrogens is 642 g/mol. The molecule has 0 saturated heterocycles. The fraction of sp³-hybridized carbons (Fsp3) is 0.794. The average Bonchev–Trinajstić information content (AvgIpc) is 3.05. The molecule has 0 rings (SSSR count). The molecule has 0 aromatic rings. The van der Waals surface area contributed by atoms with Crippen LogP contribution in [0.15, 0.2) is 0 Å². The zero-order valence-electron chi connectivity index (χ0n) is 28.9. The van der Waals surface area contributed by atoms with E-state index in [1.54, 1.807) is 0 Å². The van der Waals surface area contributed by atoms with Crippen molar-refractivity contribution in [2.24, 2.45) is 0 Å². The van der Waals surface area contributed by atoms with Crippen molar-refractivity contribution in [3.63, 3.8) is 0 Å². The number of amides is 3. The highest BCUT2D eigenvalue weighted by Gasteiger charge is 2.21. The Bertz CT molecular complexity index is 963. The van der Waals surface area contributed by atoms with E-state index in [9.17, 15) is 38.7 Å². The molecule has 3 amide bonds. The van der Waals surface area contributed by atoms with Crippen LogP contribution in [0, 0.1) is 0 Å². The van der Waals surface area contributed by atoms with E-state index in [0.29, 0.717) is 12.7 Å². The topological polar surface area (TPSA) is 235 Å². The lowest BCUT2D eigenvalue weighted by atomic mass is 10.0. The number of unbranched alkanes of at least 4 members (excludes halogenated alkanes) is 13. The summed E-state index contributed by atoms with van der Waals surface area (Å²) >= 11 is 0. The minimum absolute atomic E-state index is 0.0168. The lowest BCUT2D eigenvalue weighted by Gasteiger charge is -2.14. The van der Waals surface area contributed by atoms with Gasteiger partial charge < -0.3 is 45.5 Å². The Kier molecular flexibility index (Phi) is 29.3. The van der Waals surface area contributed by atoms with Crippen LogP contribution in [0.5, 0.6) is 0 Å². The summed E-state index contributed by atoms with van der Waals surface area (Å²) in [4.78, 5) is 79.6. The molecule has 0 aromatic heterocycles. The second-order valence-electron chi connectivity index (χ2n) is 12.1. The lowest BCUT2D eigenvalue weighted by Crippen LogP contribution is -2.41. The highest BCUT2D eigenvalue weighted by atomic mass is 16.5. The van der Waals surface area contributed by atoms with Gasteiger partial charge in [0, 0.05) is 32.2 Å². The van der Waals surface area contributed by atoms with Gasteiger partial charge in [-0.15, -0.1) is 0 Å². The second kappa shape index (κ2) is 31.7. The highest BCUT2D eigenvalue weighted by Crippen LogP contribution is 2.14. The molecule has 0 spiro atoms. The molecule has 0 heterocycles. The summed E-state index contributed by atoms with van der Waals surface area (Å²) in [6.45, 7) is 0.206. The van der Waals surface area contributed by atoms with Crippen LogP contribution in [0.1, 0.15) is 128 Å². The van der Waals surface area contributed by atoms with Crippen molar-refractivity contribution < 1.29 is 58.4 Å². The number of carbonyl (C=O) groups excluding carboxylic acids is 4. The standard InChI is InChI=1S/C34H59N3O12/c38-25-27(17-20-33(44)45)36-31(41)26-49-24-23-48-22-21-35-29(39)19-18-28(34(46)47)37-30(40)15-13-11-9-7-5-3-1-2-4-6-8-10-12-14-16-32(42)43/h25,27-28H,1-24,26H2,(H,35,39)(H,36,41)(H,37,40)(H,42,43)(H,44,45)(H,46,47)/t27-,28-/m0/s1. The van der Waals surface area contributed by atoms with Gasteiger partial charge in [-0.1, -0.05) is 77.0 Å². The molecule has 0 aliphatic rings. The van der Waals surface area contributed by atoms with E-state index in [1.807, 2.05) is 0 Å². The highest BCUT2D eigenvalue weighted by molar-refractivity contribution is 5.84. The number of ether oxygens (including phenoxy) is 2. The predicted molar refractivity (Wildman–Crippen MR) is 180 cm³/mol. The smallest absolute Gasteiger partial charge is 0.326 e. The molecule has 0 bridgehead atoms. The van der Waals surface area contributed by atoms with Crippen LogP contribution in [0.2, 0.25) is 0 Å². The largest absolute Gasteiger partial charge is 0.481 e. The van der Waals surface area contributed by atoms with Crippen molar-refractivity contribution in [3.05, 3.63) is 0 Å². The van der Waals surface area contributed by atoms with Gasteiger partial charge in [-0.05, 0) is 25.7 Å². The van der Waals surface area contributed by atoms with Crippen LogP contribution in [0.25, 0.3) is 0 Å². The van der Waals surface area contributed by atoms with Gasteiger partial charge in [-0.2, -0.15) is 0 Å². The summed E-state index contributed by atoms with van der Waals surface area (Å²) in [6, 6.07) is -2.06. The first-order valence-electron chi connectivity index (χ1n) is 17.7. The van der Waals surface area contributed by atoms with E-state index in [0.717, 1.165) is 44.9 Å². The first kappa shape index (κ1) is 45.4. The van der Waals surface area contributed by atoms with Crippen LogP contribution in [-0.2, 0) is 43.0 Å². The van der Waals surface area contributed by atoms with Crippen molar-refractivity contribution in [1.82, 2.24) is 16.0 Å². The molecule has 49 heavy (non-hydrogen) atoms. The molecular formula is C34H59N3O12. The number of aliphatic carboxylic acids is 3. The molecule has 2 atom stereocenters. The maximum Gasteiger partial charge on any atom is 0.326 e. The monoisotopic (exact) mass is 701 g/mol. The lowest BCUT2D eigenvalue weighted by molar-refractivity contribution is -0.142. The van der Waals surface area contributed by atoms with Crippen LogP contribution in [0.4, 0.5) is 0 Å². The van der Waals surface area contributed by atoms with Gasteiger partial charge in [0.25, 0.3) is 0 Å². The second-order valence-corrected chi connectivity index (χ2v) is 12.1. The van der Waals surface area contributed by atoms with Gasteiger partial charge in [0.05, 0.1) is 25.9 Å². The summed E-state index contributed by atoms with van der Waals surface area (Å²) in [5.74, 6) is -4.27. The average molecular weight is 702 g/mol. The molecule has 15 heteroatoms. The third kappa shape index (κ3) is 31.4. The number of carboxylic acid groups (broad SMARTS) is 3. The molecule has 0 saturated carbocycles. The molecule has 0 fully saturated rings. The zero-order chi connectivity index (χ0) is 36.5. The molecule has 0 unspecified atom stereocenters. The Labute approximate surface area is 289 Å². The minimum Gasteiger partial charge on any atom is -0.481 e. The fourth-order valence-electron chi connectivity index (χ4n) is 4.92. The van der Waals surface area contributed by atoms with E-state index >= 15 is 0 Å². The van der Waals surface area contributed by atoms with Crippen LogP contribution < -0.4 is 16.0 Å². The van der Waals surface area contributed by atoms with E-state index in [2.05, 4.69) is 16.0 Å². The summed E-state index contributed by atoms with van der Waals surface area (Å²) in [5.41, 5.74) is 0. The maximum absolute atomic E-state index is 12.2. The van der Waals surface area contributed by atoms with Crippen molar-refractivity contribution in [1.29, 1.82) is 0 Å². The van der Waals surface area contributed by atoms with Crippen molar-refractivity contribution >= 4 is 41.9 Å². The molecule has 15 nitrogen and oxygen atoms in total. The van der Waals surface area contributed by atoms with Crippen molar-refractivity contribution in [2.75, 3.05) is 33.0 Å². The number of aldehydes is 1. The summed E-state index contributed by atoms with van der Waals surface area (Å²) < 4.78 is 10.4. The summed E-state index contributed by atoms with van der Waals surface area (Å²) in [6.07, 6.45) is 15.6.